The number of carbonyl (C=O) groups excluding carboxylic acids is 1. The summed E-state index contributed by atoms with van der Waals surface area (Å²) in [6.45, 7) is 0. The maximum Gasteiger partial charge on any atom is 0.232 e. The van der Waals surface area contributed by atoms with Gasteiger partial charge < -0.3 is 0 Å². The van der Waals surface area contributed by atoms with E-state index in [1.165, 1.54) is 6.20 Å². The number of rotatable bonds is 2. The number of thiazole rings is 1. The molecule has 0 N–H and O–H groups in total. The van der Waals surface area contributed by atoms with Crippen LogP contribution in [0.2, 0.25) is 0 Å². The third-order valence-electron chi connectivity index (χ3n) is 0.713. The lowest BCUT2D eigenvalue weighted by molar-refractivity contribution is 0.112. The fourth-order valence-electron chi connectivity index (χ4n) is 0.378. The van der Waals surface area contributed by atoms with Crippen LogP contribution in [-0.2, 0) is 0 Å². The fourth-order valence-corrected chi connectivity index (χ4v) is 0.888. The number of hydrogen-bond acceptors (Lipinski definition) is 4. The Balaban J connectivity index is 2.98. The Kier molecular flexibility index (Phi) is 1.64. The number of aromatic nitrogens is 1. The van der Waals surface area contributed by atoms with Crippen molar-refractivity contribution >= 4 is 22.8 Å². The molecule has 1 aromatic rings. The van der Waals surface area contributed by atoms with Crippen LogP contribution in [0.1, 0.15) is 9.67 Å². The summed E-state index contributed by atoms with van der Waals surface area (Å²) in [5.74, 6) is 0. The minimum absolute atomic E-state index is 0.206. The van der Waals surface area contributed by atoms with E-state index < -0.39 is 0 Å². The maximum absolute atomic E-state index is 9.98. The lowest BCUT2D eigenvalue weighted by Crippen LogP contribution is -1.63. The first-order chi connectivity index (χ1) is 4.36. The van der Waals surface area contributed by atoms with Gasteiger partial charge in [-0.25, -0.2) is 4.98 Å². The zero-order valence-electron chi connectivity index (χ0n) is 4.31. The van der Waals surface area contributed by atoms with Gasteiger partial charge in [0, 0.05) is 0 Å². The number of hydrogen-bond donors (Lipinski definition) is 0. The van der Waals surface area contributed by atoms with E-state index in [0.29, 0.717) is 11.2 Å². The summed E-state index contributed by atoms with van der Waals surface area (Å²) in [6, 6.07) is 0. The highest BCUT2D eigenvalue weighted by Gasteiger charge is 1.96. The average Bonchev–Trinajstić information content (AvgIpc) is 2.34. The zero-order valence-corrected chi connectivity index (χ0v) is 5.13. The van der Waals surface area contributed by atoms with Gasteiger partial charge in [-0.3, -0.25) is 4.79 Å². The Morgan fingerprint density at radius 1 is 1.89 bits per heavy atom. The molecule has 0 aliphatic heterocycles. The molecule has 0 aromatic carbocycles. The van der Waals surface area contributed by atoms with Crippen molar-refractivity contribution in [1.29, 1.82) is 0 Å². The second-order valence-corrected chi connectivity index (χ2v) is 2.30. The first-order valence-corrected chi connectivity index (χ1v) is 2.94. The van der Waals surface area contributed by atoms with Crippen LogP contribution in [-0.4, -0.2) is 11.3 Å². The van der Waals surface area contributed by atoms with Crippen molar-refractivity contribution in [3.8, 4) is 0 Å². The van der Waals surface area contributed by atoms with E-state index in [4.69, 9.17) is 5.53 Å². The molecule has 0 bridgehead atoms. The standard InChI is InChI=1S/C4H2N3OS/c5-7-4-6-1-3(2-8)9-4/h1-2H. The predicted molar refractivity (Wildman–Crippen MR) is 31.7 cm³/mol. The van der Waals surface area contributed by atoms with Gasteiger partial charge >= 0.3 is 0 Å². The van der Waals surface area contributed by atoms with Gasteiger partial charge in [-0.05, 0) is 5.53 Å². The monoisotopic (exact) mass is 140 g/mol. The molecule has 0 aliphatic rings. The topological polar surface area (TPSA) is 64.6 Å². The molecule has 5 heteroatoms. The normalized spacial score (nSPS) is 8.89. The Morgan fingerprint density at radius 2 is 2.67 bits per heavy atom. The second-order valence-electron chi connectivity index (χ2n) is 1.26. The molecule has 1 aromatic heterocycles. The van der Waals surface area contributed by atoms with E-state index in [1.807, 2.05) is 0 Å². The molecule has 0 amide bonds. The third kappa shape index (κ3) is 1.17. The van der Waals surface area contributed by atoms with Crippen LogP contribution in [0, 0.1) is 0 Å². The molecule has 1 heterocycles. The van der Waals surface area contributed by atoms with Gasteiger partial charge in [0.15, 0.2) is 6.29 Å². The third-order valence-corrected chi connectivity index (χ3v) is 1.52. The van der Waals surface area contributed by atoms with Crippen molar-refractivity contribution < 1.29 is 4.79 Å². The minimum Gasteiger partial charge on any atom is -0.297 e. The van der Waals surface area contributed by atoms with Crippen LogP contribution >= 0.6 is 11.3 Å². The number of aldehydes is 1. The lowest BCUT2D eigenvalue weighted by Gasteiger charge is -1.68. The number of carbonyl (C=O) groups is 1. The fraction of sp³-hybridized carbons (Fsp3) is 0. The molecular weight excluding hydrogens is 138 g/mol. The summed E-state index contributed by atoms with van der Waals surface area (Å²) < 4.78 is 0. The van der Waals surface area contributed by atoms with Crippen molar-refractivity contribution in [3.63, 3.8) is 0 Å². The number of nitrogens with zero attached hydrogens (tertiary/aromatic N) is 3. The van der Waals surface area contributed by atoms with Crippen LogP contribution in [0.3, 0.4) is 0 Å². The van der Waals surface area contributed by atoms with E-state index in [9.17, 15) is 4.79 Å². The zero-order chi connectivity index (χ0) is 6.69. The van der Waals surface area contributed by atoms with Crippen molar-refractivity contribution in [1.82, 2.24) is 10.5 Å². The quantitative estimate of drug-likeness (QED) is 0.451. The molecule has 0 saturated heterocycles. The predicted octanol–water partition coefficient (Wildman–Crippen LogP) is 0.839. The van der Waals surface area contributed by atoms with Gasteiger partial charge in [0.25, 0.3) is 0 Å². The Labute approximate surface area is 55.1 Å². The van der Waals surface area contributed by atoms with Gasteiger partial charge in [-0.2, -0.15) is 0 Å². The van der Waals surface area contributed by atoms with Crippen LogP contribution in [0.15, 0.2) is 11.3 Å². The van der Waals surface area contributed by atoms with Crippen LogP contribution in [0.4, 0.5) is 5.13 Å². The molecule has 1 radical (unpaired) electrons. The van der Waals surface area contributed by atoms with Crippen LogP contribution < -0.4 is 5.53 Å². The summed E-state index contributed by atoms with van der Waals surface area (Å²) in [5.41, 5.74) is 8.10. The molecule has 0 fully saturated rings. The van der Waals surface area contributed by atoms with E-state index in [0.717, 1.165) is 11.3 Å². The summed E-state index contributed by atoms with van der Waals surface area (Å²) in [7, 11) is 0. The molecule has 0 spiro atoms. The first kappa shape index (κ1) is 6.03. The molecule has 0 saturated carbocycles. The van der Waals surface area contributed by atoms with E-state index in [2.05, 4.69) is 10.1 Å². The van der Waals surface area contributed by atoms with E-state index >= 15 is 0 Å². The van der Waals surface area contributed by atoms with E-state index in [1.54, 1.807) is 0 Å². The molecule has 4 nitrogen and oxygen atoms in total. The first-order valence-electron chi connectivity index (χ1n) is 2.13. The maximum atomic E-state index is 9.98. The van der Waals surface area contributed by atoms with E-state index in [-0.39, 0.29) is 5.13 Å². The average molecular weight is 140 g/mol. The van der Waals surface area contributed by atoms with Gasteiger partial charge in [0.2, 0.25) is 5.13 Å². The van der Waals surface area contributed by atoms with Crippen molar-refractivity contribution in [2.24, 2.45) is 5.11 Å². The van der Waals surface area contributed by atoms with Gasteiger partial charge in [0.1, 0.15) is 0 Å². The molecule has 1 rings (SSSR count). The summed E-state index contributed by atoms with van der Waals surface area (Å²) in [4.78, 5) is 14.0. The molecular formula is C4H2N3OS. The summed E-state index contributed by atoms with van der Waals surface area (Å²) in [6.07, 6.45) is 2.01. The second kappa shape index (κ2) is 2.45. The minimum atomic E-state index is 0.206. The van der Waals surface area contributed by atoms with Gasteiger partial charge in [-0.1, -0.05) is 16.5 Å². The molecule has 0 unspecified atom stereocenters. The lowest BCUT2D eigenvalue weighted by atomic mass is 10.6. The molecule has 9 heavy (non-hydrogen) atoms. The van der Waals surface area contributed by atoms with Crippen LogP contribution in [0.5, 0.6) is 0 Å². The SMILES string of the molecule is [N]=Nc1ncc(C=O)s1. The highest BCUT2D eigenvalue weighted by Crippen LogP contribution is 2.17. The summed E-state index contributed by atoms with van der Waals surface area (Å²) in [5, 5.41) is 2.99. The van der Waals surface area contributed by atoms with Gasteiger partial charge in [-0.15, -0.1) is 0 Å². The molecule has 0 aliphatic carbocycles. The molecule has 45 valence electrons. The smallest absolute Gasteiger partial charge is 0.232 e. The Hall–Kier alpha value is -1.10. The van der Waals surface area contributed by atoms with Crippen LogP contribution in [0.25, 0.3) is 0 Å². The summed E-state index contributed by atoms with van der Waals surface area (Å²) >= 11 is 1.04. The van der Waals surface area contributed by atoms with Crippen molar-refractivity contribution in [3.05, 3.63) is 11.1 Å². The van der Waals surface area contributed by atoms with Gasteiger partial charge in [0.05, 0.1) is 11.1 Å². The molecule has 0 atom stereocenters. The highest BCUT2D eigenvalue weighted by molar-refractivity contribution is 7.16. The Bertz CT molecular complexity index is 209. The van der Waals surface area contributed by atoms with Crippen molar-refractivity contribution in [2.75, 3.05) is 0 Å². The van der Waals surface area contributed by atoms with Crippen molar-refractivity contribution in [2.45, 2.75) is 0 Å². The Morgan fingerprint density at radius 3 is 3.00 bits per heavy atom. The highest BCUT2D eigenvalue weighted by atomic mass is 32.1. The largest absolute Gasteiger partial charge is 0.297 e.